The van der Waals surface area contributed by atoms with E-state index in [0.717, 1.165) is 12.5 Å². The van der Waals surface area contributed by atoms with E-state index < -0.39 is 22.0 Å². The summed E-state index contributed by atoms with van der Waals surface area (Å²) in [5, 5.41) is 18.2. The Kier molecular flexibility index (Phi) is 6.15. The molecule has 21 heavy (non-hydrogen) atoms. The summed E-state index contributed by atoms with van der Waals surface area (Å²) in [6.07, 6.45) is 1.49. The number of aliphatic carboxylic acids is 1. The molecular formula is C13H15ClN2O4S. The molecule has 0 amide bonds. The summed E-state index contributed by atoms with van der Waals surface area (Å²) in [5.74, 6) is -1.26. The lowest BCUT2D eigenvalue weighted by Gasteiger charge is -2.15. The van der Waals surface area contributed by atoms with E-state index in [-0.39, 0.29) is 21.9 Å². The first-order valence-electron chi connectivity index (χ1n) is 6.26. The predicted octanol–water partition coefficient (Wildman–Crippen LogP) is 2.13. The second kappa shape index (κ2) is 7.41. The molecule has 0 saturated carbocycles. The first-order chi connectivity index (χ1) is 9.81. The molecule has 0 aliphatic carbocycles. The number of unbranched alkanes of at least 4 members (excludes halogenated alkanes) is 1. The SMILES string of the molecule is CCCCC(NS(=O)(=O)c1cc(Cl)ccc1C#N)C(=O)O. The number of carboxylic acid groups (broad SMARTS) is 1. The molecule has 1 aromatic rings. The standard InChI is InChI=1S/C13H15ClN2O4S/c1-2-3-4-11(13(17)18)16-21(19,20)12-7-10(14)6-5-9(12)8-15/h5-7,11,16H,2-4H2,1H3,(H,17,18). The Morgan fingerprint density at radius 1 is 1.52 bits per heavy atom. The van der Waals surface area contributed by atoms with Crippen LogP contribution >= 0.6 is 11.6 Å². The van der Waals surface area contributed by atoms with Gasteiger partial charge in [0.2, 0.25) is 10.0 Å². The molecule has 0 heterocycles. The summed E-state index contributed by atoms with van der Waals surface area (Å²) in [6, 6.07) is 4.31. The van der Waals surface area contributed by atoms with Crippen molar-refractivity contribution in [3.8, 4) is 6.07 Å². The molecule has 114 valence electrons. The van der Waals surface area contributed by atoms with Gasteiger partial charge in [0, 0.05) is 5.02 Å². The van der Waals surface area contributed by atoms with Gasteiger partial charge in [0.15, 0.2) is 0 Å². The molecule has 0 fully saturated rings. The number of nitriles is 1. The zero-order valence-electron chi connectivity index (χ0n) is 11.3. The maximum atomic E-state index is 12.3. The quantitative estimate of drug-likeness (QED) is 0.796. The van der Waals surface area contributed by atoms with Crippen LogP contribution in [0.15, 0.2) is 23.1 Å². The van der Waals surface area contributed by atoms with Gasteiger partial charge in [0.25, 0.3) is 0 Å². The van der Waals surface area contributed by atoms with Gasteiger partial charge < -0.3 is 5.11 Å². The van der Waals surface area contributed by atoms with E-state index in [1.165, 1.54) is 12.1 Å². The lowest BCUT2D eigenvalue weighted by Crippen LogP contribution is -2.40. The number of hydrogen-bond acceptors (Lipinski definition) is 4. The molecule has 0 saturated heterocycles. The van der Waals surface area contributed by atoms with Crippen LogP contribution in [0.25, 0.3) is 0 Å². The van der Waals surface area contributed by atoms with Crippen LogP contribution in [-0.4, -0.2) is 25.5 Å². The number of sulfonamides is 1. The molecule has 2 N–H and O–H groups in total. The Morgan fingerprint density at radius 3 is 2.71 bits per heavy atom. The fraction of sp³-hybridized carbons (Fsp3) is 0.385. The molecule has 0 radical (unpaired) electrons. The fourth-order valence-electron chi connectivity index (χ4n) is 1.70. The van der Waals surface area contributed by atoms with Gasteiger partial charge in [0.05, 0.1) is 5.56 Å². The Hall–Kier alpha value is -1.62. The number of halogens is 1. The zero-order chi connectivity index (χ0) is 16.0. The lowest BCUT2D eigenvalue weighted by atomic mass is 10.1. The molecule has 0 aromatic heterocycles. The average Bonchev–Trinajstić information content (AvgIpc) is 2.43. The van der Waals surface area contributed by atoms with Crippen molar-refractivity contribution in [1.29, 1.82) is 5.26 Å². The number of carbonyl (C=O) groups is 1. The van der Waals surface area contributed by atoms with Gasteiger partial charge in [-0.25, -0.2) is 8.42 Å². The highest BCUT2D eigenvalue weighted by Gasteiger charge is 2.27. The average molecular weight is 331 g/mol. The minimum Gasteiger partial charge on any atom is -0.480 e. The highest BCUT2D eigenvalue weighted by Crippen LogP contribution is 2.21. The van der Waals surface area contributed by atoms with Crippen molar-refractivity contribution in [2.75, 3.05) is 0 Å². The van der Waals surface area contributed by atoms with Crippen LogP contribution in [0.2, 0.25) is 5.02 Å². The van der Waals surface area contributed by atoms with E-state index in [2.05, 4.69) is 4.72 Å². The fourth-order valence-corrected chi connectivity index (χ4v) is 3.35. The van der Waals surface area contributed by atoms with E-state index in [1.54, 1.807) is 6.07 Å². The highest BCUT2D eigenvalue weighted by atomic mass is 35.5. The van der Waals surface area contributed by atoms with E-state index in [0.29, 0.717) is 6.42 Å². The van der Waals surface area contributed by atoms with Crippen molar-refractivity contribution in [3.63, 3.8) is 0 Å². The largest absolute Gasteiger partial charge is 0.480 e. The zero-order valence-corrected chi connectivity index (χ0v) is 12.9. The number of carboxylic acids is 1. The molecule has 0 bridgehead atoms. The Balaban J connectivity index is 3.13. The number of hydrogen-bond donors (Lipinski definition) is 2. The topological polar surface area (TPSA) is 107 Å². The van der Waals surface area contributed by atoms with Gasteiger partial charge in [-0.3, -0.25) is 4.79 Å². The Bertz CT molecular complexity index is 667. The molecule has 0 aliphatic rings. The first-order valence-corrected chi connectivity index (χ1v) is 8.12. The number of nitrogens with zero attached hydrogens (tertiary/aromatic N) is 1. The summed E-state index contributed by atoms with van der Waals surface area (Å²) in [5.41, 5.74) is -0.0912. The van der Waals surface area contributed by atoms with Crippen molar-refractivity contribution in [2.45, 2.75) is 37.1 Å². The third kappa shape index (κ3) is 4.70. The van der Waals surface area contributed by atoms with Gasteiger partial charge >= 0.3 is 5.97 Å². The smallest absolute Gasteiger partial charge is 0.321 e. The monoisotopic (exact) mass is 330 g/mol. The molecule has 1 rings (SSSR count). The van der Waals surface area contributed by atoms with E-state index in [4.69, 9.17) is 22.0 Å². The Labute approximate surface area is 128 Å². The normalized spacial score (nSPS) is 12.6. The van der Waals surface area contributed by atoms with Crippen LogP contribution in [0, 0.1) is 11.3 Å². The van der Waals surface area contributed by atoms with Gasteiger partial charge in [0.1, 0.15) is 17.0 Å². The maximum absolute atomic E-state index is 12.3. The molecule has 1 atom stereocenters. The summed E-state index contributed by atoms with van der Waals surface area (Å²) in [4.78, 5) is 10.8. The number of benzene rings is 1. The van der Waals surface area contributed by atoms with Gasteiger partial charge in [-0.05, 0) is 24.6 Å². The molecule has 0 aliphatic heterocycles. The summed E-state index contributed by atoms with van der Waals surface area (Å²) in [7, 11) is -4.14. The van der Waals surface area contributed by atoms with Gasteiger partial charge in [-0.2, -0.15) is 9.98 Å². The van der Waals surface area contributed by atoms with Crippen molar-refractivity contribution in [1.82, 2.24) is 4.72 Å². The van der Waals surface area contributed by atoms with E-state index in [9.17, 15) is 13.2 Å². The number of rotatable bonds is 7. The number of nitrogens with one attached hydrogen (secondary N) is 1. The second-order valence-corrected chi connectivity index (χ2v) is 6.53. The summed E-state index contributed by atoms with van der Waals surface area (Å²) in [6.45, 7) is 1.87. The van der Waals surface area contributed by atoms with Crippen LogP contribution < -0.4 is 4.72 Å². The minimum atomic E-state index is -4.14. The van der Waals surface area contributed by atoms with Crippen LogP contribution in [0.5, 0.6) is 0 Å². The van der Waals surface area contributed by atoms with Crippen LogP contribution in [0.4, 0.5) is 0 Å². The molecule has 1 unspecified atom stereocenters. The first kappa shape index (κ1) is 17.4. The second-order valence-electron chi connectivity index (χ2n) is 4.41. The van der Waals surface area contributed by atoms with E-state index >= 15 is 0 Å². The molecule has 8 heteroatoms. The minimum absolute atomic E-state index is 0.0912. The van der Waals surface area contributed by atoms with Crippen molar-refractivity contribution < 1.29 is 18.3 Å². The van der Waals surface area contributed by atoms with Crippen molar-refractivity contribution in [2.24, 2.45) is 0 Å². The van der Waals surface area contributed by atoms with Crippen LogP contribution in [-0.2, 0) is 14.8 Å². The summed E-state index contributed by atoms with van der Waals surface area (Å²) < 4.78 is 26.6. The van der Waals surface area contributed by atoms with Crippen molar-refractivity contribution >= 4 is 27.6 Å². The third-order valence-corrected chi connectivity index (χ3v) is 4.54. The maximum Gasteiger partial charge on any atom is 0.321 e. The van der Waals surface area contributed by atoms with Crippen molar-refractivity contribution in [3.05, 3.63) is 28.8 Å². The molecular weight excluding hydrogens is 316 g/mol. The predicted molar refractivity (Wildman–Crippen MR) is 77.4 cm³/mol. The van der Waals surface area contributed by atoms with Gasteiger partial charge in [-0.15, -0.1) is 0 Å². The Morgan fingerprint density at radius 2 is 2.19 bits per heavy atom. The molecule has 1 aromatic carbocycles. The third-order valence-electron chi connectivity index (χ3n) is 2.80. The summed E-state index contributed by atoms with van der Waals surface area (Å²) >= 11 is 5.74. The lowest BCUT2D eigenvalue weighted by molar-refractivity contribution is -0.139. The highest BCUT2D eigenvalue weighted by molar-refractivity contribution is 7.89. The molecule has 0 spiro atoms. The van der Waals surface area contributed by atoms with Crippen LogP contribution in [0.3, 0.4) is 0 Å². The molecule has 6 nitrogen and oxygen atoms in total. The van der Waals surface area contributed by atoms with E-state index in [1.807, 2.05) is 6.92 Å². The van der Waals surface area contributed by atoms with Gasteiger partial charge in [-0.1, -0.05) is 31.4 Å². The van der Waals surface area contributed by atoms with Crippen LogP contribution in [0.1, 0.15) is 31.7 Å².